The van der Waals surface area contributed by atoms with Crippen molar-refractivity contribution >= 4 is 11.3 Å². The molecule has 0 radical (unpaired) electrons. The van der Waals surface area contributed by atoms with Crippen LogP contribution in [0.3, 0.4) is 0 Å². The lowest BCUT2D eigenvalue weighted by Crippen LogP contribution is -2.47. The molecule has 1 saturated heterocycles. The highest BCUT2D eigenvalue weighted by molar-refractivity contribution is 5.78. The van der Waals surface area contributed by atoms with Crippen molar-refractivity contribution in [2.75, 3.05) is 44.7 Å². The van der Waals surface area contributed by atoms with Gasteiger partial charge >= 0.3 is 0 Å². The summed E-state index contributed by atoms with van der Waals surface area (Å²) in [7, 11) is 1.78. The average molecular weight is 383 g/mol. The topological polar surface area (TPSA) is 15.7 Å². The fraction of sp³-hybridized carbons (Fsp3) is 0.680. The highest BCUT2D eigenvalue weighted by Gasteiger charge is 2.30. The summed E-state index contributed by atoms with van der Waals surface area (Å²) in [4.78, 5) is 5.27. The quantitative estimate of drug-likeness (QED) is 0.610. The number of nitrogens with zero attached hydrogens (tertiary/aromatic N) is 2. The molecule has 0 amide bonds. The number of anilines is 1. The van der Waals surface area contributed by atoms with Gasteiger partial charge in [0.2, 0.25) is 0 Å². The van der Waals surface area contributed by atoms with Gasteiger partial charge in [0.1, 0.15) is 5.75 Å². The largest absolute Gasteiger partial charge is 0.497 e. The molecule has 0 spiro atoms. The van der Waals surface area contributed by atoms with Crippen molar-refractivity contribution in [1.82, 2.24) is 4.90 Å². The van der Waals surface area contributed by atoms with E-state index in [-0.39, 0.29) is 0 Å². The van der Waals surface area contributed by atoms with E-state index in [4.69, 9.17) is 4.74 Å². The van der Waals surface area contributed by atoms with Crippen LogP contribution in [0.5, 0.6) is 5.75 Å². The van der Waals surface area contributed by atoms with Crippen molar-refractivity contribution < 1.29 is 4.74 Å². The van der Waals surface area contributed by atoms with Gasteiger partial charge in [0.15, 0.2) is 0 Å². The lowest BCUT2D eigenvalue weighted by atomic mass is 9.70. The lowest BCUT2D eigenvalue weighted by molar-refractivity contribution is 0.238. The maximum atomic E-state index is 5.58. The van der Waals surface area contributed by atoms with Crippen LogP contribution in [0.15, 0.2) is 24.3 Å². The molecule has 0 atom stereocenters. The highest BCUT2D eigenvalue weighted by Crippen LogP contribution is 2.45. The van der Waals surface area contributed by atoms with Crippen molar-refractivity contribution in [2.45, 2.75) is 58.8 Å². The van der Waals surface area contributed by atoms with Gasteiger partial charge in [0, 0.05) is 50.0 Å². The minimum Gasteiger partial charge on any atom is -0.497 e. The van der Waals surface area contributed by atoms with Gasteiger partial charge in [0.25, 0.3) is 0 Å². The first-order valence-corrected chi connectivity index (χ1v) is 11.5. The Bertz CT molecular complexity index is 694. The summed E-state index contributed by atoms with van der Waals surface area (Å²) in [5, 5.41) is 0. The number of ether oxygens (including phenoxy) is 1. The summed E-state index contributed by atoms with van der Waals surface area (Å²) in [6, 6.07) is 6.72. The number of hydrogen-bond donors (Lipinski definition) is 0. The van der Waals surface area contributed by atoms with Crippen molar-refractivity contribution in [3.8, 4) is 5.75 Å². The molecular formula is C25H38N2O. The third kappa shape index (κ3) is 4.25. The van der Waals surface area contributed by atoms with Crippen LogP contribution in [-0.4, -0.2) is 44.7 Å². The van der Waals surface area contributed by atoms with Gasteiger partial charge in [0.05, 0.1) is 7.11 Å². The van der Waals surface area contributed by atoms with Gasteiger partial charge in [-0.05, 0) is 61.1 Å². The van der Waals surface area contributed by atoms with Gasteiger partial charge in [-0.25, -0.2) is 0 Å². The zero-order valence-electron chi connectivity index (χ0n) is 18.2. The Morgan fingerprint density at radius 3 is 2.39 bits per heavy atom. The van der Waals surface area contributed by atoms with Crippen LogP contribution in [0, 0.1) is 11.3 Å². The van der Waals surface area contributed by atoms with Crippen molar-refractivity contribution in [3.63, 3.8) is 0 Å². The van der Waals surface area contributed by atoms with E-state index in [1.165, 1.54) is 75.8 Å². The van der Waals surface area contributed by atoms with Gasteiger partial charge in [-0.3, -0.25) is 4.90 Å². The molecule has 3 nitrogen and oxygen atoms in total. The molecule has 1 heterocycles. The minimum atomic E-state index is 0.532. The molecule has 0 N–H and O–H groups in total. The Morgan fingerprint density at radius 2 is 1.82 bits per heavy atom. The molecule has 1 saturated carbocycles. The molecule has 0 aromatic heterocycles. The van der Waals surface area contributed by atoms with Crippen molar-refractivity contribution in [2.24, 2.45) is 11.3 Å². The third-order valence-electron chi connectivity index (χ3n) is 7.68. The average Bonchev–Trinajstić information content (AvgIpc) is 3.58. The van der Waals surface area contributed by atoms with E-state index in [0.717, 1.165) is 24.8 Å². The maximum absolute atomic E-state index is 5.58. The van der Waals surface area contributed by atoms with Crippen LogP contribution in [0.4, 0.5) is 5.69 Å². The SMILES string of the molecule is CCC1(CC)CC=C(c2ccc(OC)cc2N2CCN(CC3CC3)CC2)CC1. The number of benzene rings is 1. The highest BCUT2D eigenvalue weighted by atomic mass is 16.5. The second-order valence-corrected chi connectivity index (χ2v) is 9.25. The molecule has 0 unspecified atom stereocenters. The first kappa shape index (κ1) is 19.8. The van der Waals surface area contributed by atoms with E-state index >= 15 is 0 Å². The molecule has 3 heteroatoms. The summed E-state index contributed by atoms with van der Waals surface area (Å²) in [5.41, 5.74) is 4.91. The van der Waals surface area contributed by atoms with Crippen molar-refractivity contribution in [1.29, 1.82) is 0 Å². The monoisotopic (exact) mass is 382 g/mol. The predicted octanol–water partition coefficient (Wildman–Crippen LogP) is 5.60. The number of rotatable bonds is 7. The van der Waals surface area contributed by atoms with E-state index in [1.54, 1.807) is 12.7 Å². The molecule has 1 aliphatic heterocycles. The Morgan fingerprint density at radius 1 is 1.07 bits per heavy atom. The Kier molecular flexibility index (Phi) is 6.01. The van der Waals surface area contributed by atoms with Crippen molar-refractivity contribution in [3.05, 3.63) is 29.8 Å². The van der Waals surface area contributed by atoms with Crippen LogP contribution >= 0.6 is 0 Å². The molecule has 0 bridgehead atoms. The summed E-state index contributed by atoms with van der Waals surface area (Å²) < 4.78 is 5.58. The summed E-state index contributed by atoms with van der Waals surface area (Å²) in [5.74, 6) is 1.97. The van der Waals surface area contributed by atoms with E-state index in [1.807, 2.05) is 0 Å². The molecule has 4 rings (SSSR count). The Labute approximate surface area is 171 Å². The molecule has 28 heavy (non-hydrogen) atoms. The molecule has 2 aliphatic carbocycles. The molecule has 1 aromatic rings. The van der Waals surface area contributed by atoms with E-state index < -0.39 is 0 Å². The zero-order chi connectivity index (χ0) is 19.6. The van der Waals surface area contributed by atoms with E-state index in [9.17, 15) is 0 Å². The first-order valence-electron chi connectivity index (χ1n) is 11.5. The molecule has 154 valence electrons. The summed E-state index contributed by atoms with van der Waals surface area (Å²) in [6.45, 7) is 10.7. The number of allylic oxidation sites excluding steroid dienone is 2. The fourth-order valence-electron chi connectivity index (χ4n) is 5.09. The van der Waals surface area contributed by atoms with Crippen LogP contribution in [0.1, 0.15) is 64.4 Å². The van der Waals surface area contributed by atoms with Crippen LogP contribution in [0.25, 0.3) is 5.57 Å². The molecule has 1 aromatic carbocycles. The predicted molar refractivity (Wildman–Crippen MR) is 119 cm³/mol. The smallest absolute Gasteiger partial charge is 0.120 e. The second kappa shape index (κ2) is 8.49. The van der Waals surface area contributed by atoms with Crippen LogP contribution in [0.2, 0.25) is 0 Å². The Hall–Kier alpha value is -1.48. The van der Waals surface area contributed by atoms with Gasteiger partial charge in [-0.2, -0.15) is 0 Å². The van der Waals surface area contributed by atoms with Crippen LogP contribution in [-0.2, 0) is 0 Å². The molecule has 2 fully saturated rings. The fourth-order valence-corrected chi connectivity index (χ4v) is 5.09. The van der Waals surface area contributed by atoms with Gasteiger partial charge in [-0.1, -0.05) is 32.8 Å². The van der Waals surface area contributed by atoms with Crippen LogP contribution < -0.4 is 9.64 Å². The lowest BCUT2D eigenvalue weighted by Gasteiger charge is -2.39. The molecule has 3 aliphatic rings. The van der Waals surface area contributed by atoms with E-state index in [0.29, 0.717) is 5.41 Å². The maximum Gasteiger partial charge on any atom is 0.120 e. The third-order valence-corrected chi connectivity index (χ3v) is 7.68. The standard InChI is InChI=1S/C25H38N2O/c1-4-25(5-2)12-10-21(11-13-25)23-9-8-22(28-3)18-24(23)27-16-14-26(15-17-27)19-20-6-7-20/h8-10,18,20H,4-7,11-17,19H2,1-3H3. The second-order valence-electron chi connectivity index (χ2n) is 9.25. The zero-order valence-corrected chi connectivity index (χ0v) is 18.2. The number of hydrogen-bond acceptors (Lipinski definition) is 3. The van der Waals surface area contributed by atoms with Gasteiger partial charge < -0.3 is 9.64 Å². The van der Waals surface area contributed by atoms with Gasteiger partial charge in [-0.15, -0.1) is 0 Å². The Balaban J connectivity index is 1.53. The summed E-state index contributed by atoms with van der Waals surface area (Å²) >= 11 is 0. The van der Waals surface area contributed by atoms with E-state index in [2.05, 4.69) is 47.9 Å². The number of methoxy groups -OCH3 is 1. The molecular weight excluding hydrogens is 344 g/mol. The normalized spacial score (nSPS) is 22.8. The first-order chi connectivity index (χ1) is 13.7. The number of piperazine rings is 1. The summed E-state index contributed by atoms with van der Waals surface area (Å²) in [6.07, 6.45) is 11.8. The minimum absolute atomic E-state index is 0.532.